The molecule has 3 aromatic carbocycles. The molecule has 2 aliphatic heterocycles. The van der Waals surface area contributed by atoms with Crippen LogP contribution in [0.3, 0.4) is 0 Å². The molecule has 0 bridgehead atoms. The van der Waals surface area contributed by atoms with E-state index in [2.05, 4.69) is 17.1 Å². The standard InChI is InChI=1S/C31H33FN4O3/c1-2-23-8-12-25(13-9-23)29(38)34-18-16-31(17-19-34)30(39)35(22-36(31)27-6-4-3-5-7-27)21-28(37)33-20-24-10-14-26(32)15-11-24/h3-15H,2,16-22H2,1H3,(H,33,37). The Morgan fingerprint density at radius 2 is 1.54 bits per heavy atom. The number of nitrogens with zero attached hydrogens (tertiary/aromatic N) is 3. The number of para-hydroxylation sites is 1. The van der Waals surface area contributed by atoms with Gasteiger partial charge >= 0.3 is 0 Å². The van der Waals surface area contributed by atoms with Crippen LogP contribution in [0.2, 0.25) is 0 Å². The molecule has 3 aromatic rings. The highest BCUT2D eigenvalue weighted by Crippen LogP contribution is 2.39. The van der Waals surface area contributed by atoms with Gasteiger partial charge in [-0.15, -0.1) is 0 Å². The van der Waals surface area contributed by atoms with Crippen molar-refractivity contribution in [2.75, 3.05) is 31.2 Å². The van der Waals surface area contributed by atoms with Crippen LogP contribution in [-0.4, -0.2) is 59.4 Å². The number of nitrogens with one attached hydrogen (secondary N) is 1. The van der Waals surface area contributed by atoms with Crippen molar-refractivity contribution in [3.05, 3.63) is 101 Å². The van der Waals surface area contributed by atoms with Crippen LogP contribution >= 0.6 is 0 Å². The van der Waals surface area contributed by atoms with E-state index in [1.807, 2.05) is 59.5 Å². The lowest BCUT2D eigenvalue weighted by atomic mass is 9.85. The number of piperidine rings is 1. The van der Waals surface area contributed by atoms with Crippen LogP contribution in [0.15, 0.2) is 78.9 Å². The first-order valence-electron chi connectivity index (χ1n) is 13.4. The number of anilines is 1. The molecule has 3 amide bonds. The number of benzene rings is 3. The van der Waals surface area contributed by atoms with Gasteiger partial charge in [0.25, 0.3) is 11.8 Å². The molecule has 0 aliphatic carbocycles. The van der Waals surface area contributed by atoms with Crippen molar-refractivity contribution in [2.24, 2.45) is 0 Å². The highest BCUT2D eigenvalue weighted by Gasteiger charge is 2.54. The molecule has 1 spiro atoms. The van der Waals surface area contributed by atoms with Crippen molar-refractivity contribution in [2.45, 2.75) is 38.3 Å². The molecule has 2 fully saturated rings. The molecular formula is C31H33FN4O3. The molecule has 2 aliphatic rings. The van der Waals surface area contributed by atoms with Gasteiger partial charge in [-0.05, 0) is 66.8 Å². The second-order valence-corrected chi connectivity index (χ2v) is 10.2. The number of hydrogen-bond donors (Lipinski definition) is 1. The van der Waals surface area contributed by atoms with Crippen molar-refractivity contribution in [1.82, 2.24) is 15.1 Å². The summed E-state index contributed by atoms with van der Waals surface area (Å²) in [5.41, 5.74) is 2.71. The van der Waals surface area contributed by atoms with Crippen LogP contribution in [0, 0.1) is 5.82 Å². The lowest BCUT2D eigenvalue weighted by Gasteiger charge is -2.43. The molecule has 2 heterocycles. The molecule has 8 heteroatoms. The second kappa shape index (κ2) is 11.3. The number of halogens is 1. The third-order valence-corrected chi connectivity index (χ3v) is 7.81. The summed E-state index contributed by atoms with van der Waals surface area (Å²) in [5.74, 6) is -0.731. The summed E-state index contributed by atoms with van der Waals surface area (Å²) in [4.78, 5) is 45.4. The molecule has 0 atom stereocenters. The monoisotopic (exact) mass is 528 g/mol. The quantitative estimate of drug-likeness (QED) is 0.504. The van der Waals surface area contributed by atoms with Crippen molar-refractivity contribution in [3.63, 3.8) is 0 Å². The van der Waals surface area contributed by atoms with E-state index in [1.165, 1.54) is 17.7 Å². The molecule has 0 saturated carbocycles. The van der Waals surface area contributed by atoms with E-state index in [-0.39, 0.29) is 36.6 Å². The predicted octanol–water partition coefficient (Wildman–Crippen LogP) is 3.99. The Kier molecular flexibility index (Phi) is 7.63. The predicted molar refractivity (Wildman–Crippen MR) is 147 cm³/mol. The van der Waals surface area contributed by atoms with Crippen LogP contribution in [-0.2, 0) is 22.6 Å². The van der Waals surface area contributed by atoms with E-state index < -0.39 is 5.54 Å². The zero-order valence-corrected chi connectivity index (χ0v) is 22.1. The van der Waals surface area contributed by atoms with Gasteiger partial charge in [-0.1, -0.05) is 49.4 Å². The zero-order valence-electron chi connectivity index (χ0n) is 22.1. The summed E-state index contributed by atoms with van der Waals surface area (Å²) in [6, 6.07) is 23.4. The molecule has 0 radical (unpaired) electrons. The Balaban J connectivity index is 1.28. The number of aryl methyl sites for hydroxylation is 1. The first-order valence-corrected chi connectivity index (χ1v) is 13.4. The van der Waals surface area contributed by atoms with Crippen LogP contribution in [0.4, 0.5) is 10.1 Å². The van der Waals surface area contributed by atoms with Crippen LogP contribution in [0.25, 0.3) is 0 Å². The van der Waals surface area contributed by atoms with Crippen LogP contribution in [0.1, 0.15) is 41.3 Å². The van der Waals surface area contributed by atoms with Gasteiger partial charge in [-0.2, -0.15) is 0 Å². The van der Waals surface area contributed by atoms with Gasteiger partial charge in [0.1, 0.15) is 17.9 Å². The zero-order chi connectivity index (χ0) is 27.4. The number of carbonyl (C=O) groups is 3. The largest absolute Gasteiger partial charge is 0.350 e. The van der Waals surface area contributed by atoms with Crippen LogP contribution < -0.4 is 10.2 Å². The maximum absolute atomic E-state index is 13.9. The Hall–Kier alpha value is -4.20. The topological polar surface area (TPSA) is 73.0 Å². The van der Waals surface area contributed by atoms with E-state index in [4.69, 9.17) is 0 Å². The third-order valence-electron chi connectivity index (χ3n) is 7.81. The first-order chi connectivity index (χ1) is 18.9. The smallest absolute Gasteiger partial charge is 0.253 e. The molecule has 39 heavy (non-hydrogen) atoms. The van der Waals surface area contributed by atoms with Crippen molar-refractivity contribution >= 4 is 23.4 Å². The van der Waals surface area contributed by atoms with E-state index in [1.54, 1.807) is 17.0 Å². The molecule has 202 valence electrons. The van der Waals surface area contributed by atoms with Gasteiger partial charge in [0.15, 0.2) is 0 Å². The summed E-state index contributed by atoms with van der Waals surface area (Å²) >= 11 is 0. The van der Waals surface area contributed by atoms with E-state index in [0.717, 1.165) is 17.7 Å². The van der Waals surface area contributed by atoms with Crippen molar-refractivity contribution in [1.29, 1.82) is 0 Å². The highest BCUT2D eigenvalue weighted by molar-refractivity contribution is 5.97. The Morgan fingerprint density at radius 1 is 0.897 bits per heavy atom. The number of rotatable bonds is 7. The molecular weight excluding hydrogens is 495 g/mol. The SMILES string of the molecule is CCc1ccc(C(=O)N2CCC3(CC2)C(=O)N(CC(=O)NCc2ccc(F)cc2)CN3c2ccccc2)cc1. The lowest BCUT2D eigenvalue weighted by Crippen LogP contribution is -2.57. The van der Waals surface area contributed by atoms with Gasteiger partial charge in [0.05, 0.1) is 6.67 Å². The van der Waals surface area contributed by atoms with Gasteiger partial charge in [0, 0.05) is 30.9 Å². The average molecular weight is 529 g/mol. The summed E-state index contributed by atoms with van der Waals surface area (Å²) < 4.78 is 13.2. The molecule has 5 rings (SSSR count). The third kappa shape index (κ3) is 5.50. The summed E-state index contributed by atoms with van der Waals surface area (Å²) in [6.45, 7) is 3.46. The maximum Gasteiger partial charge on any atom is 0.253 e. The van der Waals surface area contributed by atoms with Crippen molar-refractivity contribution in [3.8, 4) is 0 Å². The minimum Gasteiger partial charge on any atom is -0.350 e. The van der Waals surface area contributed by atoms with Crippen LogP contribution in [0.5, 0.6) is 0 Å². The second-order valence-electron chi connectivity index (χ2n) is 10.2. The van der Waals surface area contributed by atoms with Gasteiger partial charge in [-0.3, -0.25) is 14.4 Å². The number of amides is 3. The maximum atomic E-state index is 13.9. The summed E-state index contributed by atoms with van der Waals surface area (Å²) in [5, 5.41) is 2.83. The fourth-order valence-corrected chi connectivity index (χ4v) is 5.50. The minimum absolute atomic E-state index is 0.0266. The van der Waals surface area contributed by atoms with E-state index in [0.29, 0.717) is 38.2 Å². The molecule has 1 N–H and O–H groups in total. The molecule has 7 nitrogen and oxygen atoms in total. The molecule has 2 saturated heterocycles. The van der Waals surface area contributed by atoms with E-state index >= 15 is 0 Å². The van der Waals surface area contributed by atoms with Gasteiger partial charge < -0.3 is 20.0 Å². The number of carbonyl (C=O) groups excluding carboxylic acids is 3. The highest BCUT2D eigenvalue weighted by atomic mass is 19.1. The normalized spacial score (nSPS) is 16.6. The number of hydrogen-bond acceptors (Lipinski definition) is 4. The summed E-state index contributed by atoms with van der Waals surface area (Å²) in [7, 11) is 0. The molecule has 0 unspecified atom stereocenters. The lowest BCUT2D eigenvalue weighted by molar-refractivity contribution is -0.137. The number of likely N-dealkylation sites (tertiary alicyclic amines) is 1. The summed E-state index contributed by atoms with van der Waals surface area (Å²) in [6.07, 6.45) is 1.87. The van der Waals surface area contributed by atoms with Gasteiger partial charge in [0.2, 0.25) is 5.91 Å². The Bertz CT molecular complexity index is 1320. The van der Waals surface area contributed by atoms with Crippen molar-refractivity contribution < 1.29 is 18.8 Å². The fraction of sp³-hybridized carbons (Fsp3) is 0.323. The first kappa shape index (κ1) is 26.4. The average Bonchev–Trinajstić information content (AvgIpc) is 3.23. The minimum atomic E-state index is -0.818. The Morgan fingerprint density at radius 3 is 2.18 bits per heavy atom. The van der Waals surface area contributed by atoms with E-state index in [9.17, 15) is 18.8 Å². The van der Waals surface area contributed by atoms with Gasteiger partial charge in [-0.25, -0.2) is 4.39 Å². The molecule has 0 aromatic heterocycles. The Labute approximate surface area is 228 Å². The fourth-order valence-electron chi connectivity index (χ4n) is 5.50.